The minimum Gasteiger partial charge on any atom is -0.344 e. The topological polar surface area (TPSA) is 42.5 Å². The van der Waals surface area contributed by atoms with E-state index in [9.17, 15) is 0 Å². The molecule has 10 rings (SSSR count). The molecule has 54 heavy (non-hydrogen) atoms. The van der Waals surface area contributed by atoms with Gasteiger partial charge in [-0.05, 0) is 60.1 Å². The standard InChI is InChI=1S/C46H33N4.C3H7.Zn/c1-5-13-35(14-6-1)41-42(36-15-7-2-8-16-36)49-46(48-41)40-30-32-22-21-31-23-25-33(27-28-34(40)26-24-32)39(29-31)45-47-43(37-17-9-3-10-18-37)44(50(45)46)38-19-11-4-12-20-38;1-3-2;/h1-2,4-20,23-26,29-30H,21-22,27-28H2;1,3H2,2H3;/q2*-1;+2. The molecular weight excluding hydrogens is 710 g/mol. The number of hydrogen-bond acceptors (Lipinski definition) is 3. The summed E-state index contributed by atoms with van der Waals surface area (Å²) in [6, 6.07) is 57.2. The van der Waals surface area contributed by atoms with E-state index >= 15 is 0 Å². The summed E-state index contributed by atoms with van der Waals surface area (Å²) >= 11 is 0. The van der Waals surface area contributed by atoms with E-state index in [4.69, 9.17) is 15.0 Å². The van der Waals surface area contributed by atoms with Gasteiger partial charge in [0.25, 0.3) is 5.79 Å². The molecule has 0 saturated carbocycles. The van der Waals surface area contributed by atoms with Gasteiger partial charge in [-0.3, -0.25) is 4.57 Å². The number of imidazole rings is 1. The van der Waals surface area contributed by atoms with Crippen molar-refractivity contribution < 1.29 is 19.5 Å². The average Bonchev–Trinajstić information content (AvgIpc) is 3.82. The van der Waals surface area contributed by atoms with Gasteiger partial charge in [-0.2, -0.15) is 36.8 Å². The summed E-state index contributed by atoms with van der Waals surface area (Å²) in [5.41, 5.74) is 15.3. The third-order valence-corrected chi connectivity index (χ3v) is 10.4. The zero-order valence-electron chi connectivity index (χ0n) is 30.7. The molecule has 0 aliphatic carbocycles. The van der Waals surface area contributed by atoms with E-state index < -0.39 is 5.79 Å². The van der Waals surface area contributed by atoms with Gasteiger partial charge in [0.1, 0.15) is 5.82 Å². The Labute approximate surface area is 331 Å². The van der Waals surface area contributed by atoms with Gasteiger partial charge in [0.15, 0.2) is 0 Å². The Morgan fingerprint density at radius 3 is 1.72 bits per heavy atom. The molecule has 0 atom stereocenters. The second-order valence-electron chi connectivity index (χ2n) is 13.9. The number of fused-ring (bicyclic) bond motifs is 2. The van der Waals surface area contributed by atoms with Crippen LogP contribution in [0.4, 0.5) is 0 Å². The van der Waals surface area contributed by atoms with Gasteiger partial charge in [0.2, 0.25) is 0 Å². The molecule has 0 N–H and O–H groups in total. The molecule has 0 fully saturated rings. The molecule has 0 unspecified atom stereocenters. The molecule has 258 valence electrons. The van der Waals surface area contributed by atoms with Crippen LogP contribution in [0.2, 0.25) is 0 Å². The first kappa shape index (κ1) is 35.5. The average molecular weight is 750 g/mol. The maximum absolute atomic E-state index is 5.92. The molecule has 3 aliphatic rings. The minimum absolute atomic E-state index is 0. The van der Waals surface area contributed by atoms with Crippen molar-refractivity contribution >= 4 is 11.4 Å². The number of rotatable bonds is 4. The van der Waals surface area contributed by atoms with Crippen molar-refractivity contribution in [1.29, 1.82) is 0 Å². The monoisotopic (exact) mass is 748 g/mol. The molecule has 1 spiro atoms. The minimum atomic E-state index is -1.17. The molecule has 0 amide bonds. The SMILES string of the molecule is [CH2-]CC.[Zn+2].[c-]1ccc(-c2nc3n(c2-c2ccccc2)C2(N=C(c4ccccc4)C(c4ccccc4)=N2)c2cc4ccc2CCc2ccc(cc2-3)CC4)cc1. The molecule has 1 aromatic heterocycles. The van der Waals surface area contributed by atoms with Crippen molar-refractivity contribution in [3.05, 3.63) is 204 Å². The van der Waals surface area contributed by atoms with Gasteiger partial charge in [-0.25, -0.2) is 15.0 Å². The number of benzene rings is 6. The maximum Gasteiger partial charge on any atom is 2.00 e. The quantitative estimate of drug-likeness (QED) is 0.131. The second kappa shape index (κ2) is 15.1. The molecule has 3 aliphatic heterocycles. The molecule has 0 radical (unpaired) electrons. The Morgan fingerprint density at radius 1 is 0.611 bits per heavy atom. The van der Waals surface area contributed by atoms with Gasteiger partial charge >= 0.3 is 19.5 Å². The fraction of sp³-hybridized carbons (Fsp3) is 0.143. The summed E-state index contributed by atoms with van der Waals surface area (Å²) in [5, 5.41) is 0. The fourth-order valence-corrected chi connectivity index (χ4v) is 7.96. The van der Waals surface area contributed by atoms with Crippen LogP contribution in [0.3, 0.4) is 0 Å². The predicted molar refractivity (Wildman–Crippen MR) is 217 cm³/mol. The molecule has 0 saturated heterocycles. The molecule has 4 heterocycles. The number of aryl methyl sites for hydroxylation is 4. The molecular formula is C49H40N4Zn. The van der Waals surface area contributed by atoms with Crippen LogP contribution in [0.15, 0.2) is 162 Å². The fourth-order valence-electron chi connectivity index (χ4n) is 7.96. The third-order valence-electron chi connectivity index (χ3n) is 10.4. The van der Waals surface area contributed by atoms with E-state index in [1.54, 1.807) is 0 Å². The first-order valence-electron chi connectivity index (χ1n) is 18.7. The van der Waals surface area contributed by atoms with Gasteiger partial charge in [-0.1, -0.05) is 122 Å². The van der Waals surface area contributed by atoms with E-state index in [-0.39, 0.29) is 19.5 Å². The number of aromatic nitrogens is 2. The van der Waals surface area contributed by atoms with Gasteiger partial charge in [0, 0.05) is 27.8 Å². The summed E-state index contributed by atoms with van der Waals surface area (Å²) in [5.74, 6) is -0.283. The van der Waals surface area contributed by atoms with Crippen LogP contribution in [0.1, 0.15) is 52.3 Å². The van der Waals surface area contributed by atoms with Crippen LogP contribution >= 0.6 is 0 Å². The zero-order chi connectivity index (χ0) is 35.8. The summed E-state index contributed by atoms with van der Waals surface area (Å²) in [7, 11) is 0. The van der Waals surface area contributed by atoms with E-state index in [2.05, 4.69) is 157 Å². The Balaban J connectivity index is 0.00000100. The zero-order valence-corrected chi connectivity index (χ0v) is 33.6. The molecule has 5 heteroatoms. The number of aliphatic imine (C=N–C) groups is 2. The molecule has 4 bridgehead atoms. The summed E-state index contributed by atoms with van der Waals surface area (Å²) in [4.78, 5) is 17.5. The Bertz CT molecular complexity index is 2430. The second-order valence-corrected chi connectivity index (χ2v) is 13.9. The smallest absolute Gasteiger partial charge is 0.344 e. The molecule has 6 aromatic carbocycles. The molecule has 4 nitrogen and oxygen atoms in total. The first-order valence-corrected chi connectivity index (χ1v) is 18.7. The van der Waals surface area contributed by atoms with Crippen LogP contribution in [-0.4, -0.2) is 21.0 Å². The predicted octanol–water partition coefficient (Wildman–Crippen LogP) is 10.8. The van der Waals surface area contributed by atoms with Gasteiger partial charge < -0.3 is 6.92 Å². The van der Waals surface area contributed by atoms with Gasteiger partial charge in [-0.15, -0.1) is 5.56 Å². The van der Waals surface area contributed by atoms with Crippen molar-refractivity contribution in [1.82, 2.24) is 9.55 Å². The molecule has 7 aromatic rings. The Kier molecular flexibility index (Phi) is 9.92. The largest absolute Gasteiger partial charge is 2.00 e. The van der Waals surface area contributed by atoms with E-state index in [0.717, 1.165) is 94.1 Å². The maximum atomic E-state index is 5.92. The van der Waals surface area contributed by atoms with Crippen LogP contribution < -0.4 is 0 Å². The first-order chi connectivity index (χ1) is 26.2. The third kappa shape index (κ3) is 6.21. The van der Waals surface area contributed by atoms with Crippen LogP contribution in [0.5, 0.6) is 0 Å². The van der Waals surface area contributed by atoms with Crippen molar-refractivity contribution in [2.75, 3.05) is 0 Å². The van der Waals surface area contributed by atoms with E-state index in [1.807, 2.05) is 19.1 Å². The Hall–Kier alpha value is -5.51. The number of hydrogen-bond donors (Lipinski definition) is 0. The van der Waals surface area contributed by atoms with E-state index in [0.29, 0.717) is 0 Å². The van der Waals surface area contributed by atoms with Crippen LogP contribution in [0.25, 0.3) is 33.9 Å². The summed E-state index contributed by atoms with van der Waals surface area (Å²) in [6.45, 7) is 5.50. The van der Waals surface area contributed by atoms with Gasteiger partial charge in [0.05, 0.1) is 22.8 Å². The van der Waals surface area contributed by atoms with Crippen molar-refractivity contribution in [2.24, 2.45) is 9.98 Å². The summed E-state index contributed by atoms with van der Waals surface area (Å²) < 4.78 is 2.38. The van der Waals surface area contributed by atoms with Crippen molar-refractivity contribution in [3.8, 4) is 33.9 Å². The van der Waals surface area contributed by atoms with Crippen LogP contribution in [0, 0.1) is 13.0 Å². The summed E-state index contributed by atoms with van der Waals surface area (Å²) in [6.07, 6.45) is 4.66. The Morgan fingerprint density at radius 2 is 1.13 bits per heavy atom. The van der Waals surface area contributed by atoms with E-state index in [1.165, 1.54) is 22.3 Å². The van der Waals surface area contributed by atoms with Crippen LogP contribution in [-0.2, 0) is 50.9 Å². The normalized spacial score (nSPS) is 14.5. The van der Waals surface area contributed by atoms with Crippen molar-refractivity contribution in [3.63, 3.8) is 0 Å². The number of nitrogens with zero attached hydrogens (tertiary/aromatic N) is 4. The van der Waals surface area contributed by atoms with Crippen molar-refractivity contribution in [2.45, 2.75) is 44.8 Å².